The number of aromatic nitrogens is 1. The smallest absolute Gasteiger partial charge is 0.129 e. The number of hydrogen-bond acceptors (Lipinski definition) is 3. The molecule has 1 N–H and O–H groups in total. The maximum atomic E-state index is 13.4. The van der Waals surface area contributed by atoms with Crippen molar-refractivity contribution in [3.63, 3.8) is 0 Å². The lowest BCUT2D eigenvalue weighted by atomic mass is 10.2. The molecule has 3 nitrogen and oxygen atoms in total. The Morgan fingerprint density at radius 1 is 1.31 bits per heavy atom. The molecule has 0 saturated heterocycles. The van der Waals surface area contributed by atoms with Crippen LogP contribution < -0.4 is 5.32 Å². The van der Waals surface area contributed by atoms with Crippen molar-refractivity contribution < 1.29 is 8.91 Å². The van der Waals surface area contributed by atoms with Crippen molar-refractivity contribution in [2.24, 2.45) is 0 Å². The molecule has 0 fully saturated rings. The summed E-state index contributed by atoms with van der Waals surface area (Å²) in [5.74, 6) is -0.305. The third kappa shape index (κ3) is 2.59. The molecule has 84 valence electrons. The number of nitrogens with one attached hydrogen (secondary N) is 1. The Morgan fingerprint density at radius 2 is 2.19 bits per heavy atom. The summed E-state index contributed by atoms with van der Waals surface area (Å²) in [7, 11) is 0. The highest BCUT2D eigenvalue weighted by molar-refractivity contribution is 6.31. The molecule has 1 heterocycles. The van der Waals surface area contributed by atoms with Crippen LogP contribution in [0.5, 0.6) is 0 Å². The molecule has 0 aliphatic rings. The van der Waals surface area contributed by atoms with Gasteiger partial charge in [0.25, 0.3) is 0 Å². The molecule has 0 atom stereocenters. The molecule has 0 radical (unpaired) electrons. The lowest BCUT2D eigenvalue weighted by Crippen LogP contribution is -2.14. The van der Waals surface area contributed by atoms with Gasteiger partial charge in [-0.25, -0.2) is 4.39 Å². The number of rotatable bonds is 4. The van der Waals surface area contributed by atoms with E-state index in [0.29, 0.717) is 23.7 Å². The Morgan fingerprint density at radius 3 is 2.88 bits per heavy atom. The summed E-state index contributed by atoms with van der Waals surface area (Å²) in [5.41, 5.74) is 1.24. The monoisotopic (exact) mass is 240 g/mol. The summed E-state index contributed by atoms with van der Waals surface area (Å²) in [4.78, 5) is 0. The van der Waals surface area contributed by atoms with Crippen LogP contribution in [0.4, 0.5) is 4.39 Å². The van der Waals surface area contributed by atoms with Gasteiger partial charge in [-0.3, -0.25) is 0 Å². The Bertz CT molecular complexity index is 439. The maximum absolute atomic E-state index is 13.4. The molecule has 16 heavy (non-hydrogen) atoms. The van der Waals surface area contributed by atoms with Gasteiger partial charge in [0.15, 0.2) is 0 Å². The molecular formula is C11H10ClFN2O. The van der Waals surface area contributed by atoms with Crippen molar-refractivity contribution in [2.45, 2.75) is 13.1 Å². The first kappa shape index (κ1) is 11.1. The summed E-state index contributed by atoms with van der Waals surface area (Å²) in [6, 6.07) is 6.38. The molecule has 1 aromatic heterocycles. The summed E-state index contributed by atoms with van der Waals surface area (Å²) in [5, 5.41) is 7.19. The van der Waals surface area contributed by atoms with Gasteiger partial charge in [-0.05, 0) is 12.1 Å². The van der Waals surface area contributed by atoms with E-state index in [2.05, 4.69) is 15.0 Å². The normalized spacial score (nSPS) is 10.6. The third-order valence-electron chi connectivity index (χ3n) is 2.16. The van der Waals surface area contributed by atoms with Crippen LogP contribution in [0.2, 0.25) is 5.02 Å². The highest BCUT2D eigenvalue weighted by Crippen LogP contribution is 2.18. The van der Waals surface area contributed by atoms with Crippen LogP contribution in [-0.2, 0) is 13.1 Å². The molecule has 5 heteroatoms. The van der Waals surface area contributed by atoms with Crippen LogP contribution in [-0.4, -0.2) is 5.16 Å². The second-order valence-electron chi connectivity index (χ2n) is 3.29. The molecule has 0 aliphatic carbocycles. The van der Waals surface area contributed by atoms with E-state index >= 15 is 0 Å². The van der Waals surface area contributed by atoms with Gasteiger partial charge >= 0.3 is 0 Å². The molecule has 2 aromatic rings. The Kier molecular flexibility index (Phi) is 3.54. The van der Waals surface area contributed by atoms with Crippen LogP contribution in [0, 0.1) is 5.82 Å². The fourth-order valence-electron chi connectivity index (χ4n) is 1.35. The van der Waals surface area contributed by atoms with Crippen LogP contribution in [0.25, 0.3) is 0 Å². The predicted octanol–water partition coefficient (Wildman–Crippen LogP) is 2.76. The number of halogens is 2. The minimum absolute atomic E-state index is 0.305. The first-order valence-corrected chi connectivity index (χ1v) is 5.18. The van der Waals surface area contributed by atoms with E-state index in [9.17, 15) is 4.39 Å². The highest BCUT2D eigenvalue weighted by Gasteiger charge is 2.06. The van der Waals surface area contributed by atoms with Gasteiger partial charge in [-0.2, -0.15) is 0 Å². The number of nitrogens with zero attached hydrogens (tertiary/aromatic N) is 1. The highest BCUT2D eigenvalue weighted by atomic mass is 35.5. The van der Waals surface area contributed by atoms with Crippen LogP contribution in [0.1, 0.15) is 11.3 Å². The average molecular weight is 241 g/mol. The van der Waals surface area contributed by atoms with E-state index in [4.69, 9.17) is 11.6 Å². The largest absolute Gasteiger partial charge is 0.364 e. The van der Waals surface area contributed by atoms with Gasteiger partial charge in [0.2, 0.25) is 0 Å². The van der Waals surface area contributed by atoms with Gasteiger partial charge in [0.05, 0.1) is 5.69 Å². The molecule has 0 bridgehead atoms. The van der Waals surface area contributed by atoms with Crippen molar-refractivity contribution in [3.05, 3.63) is 52.6 Å². The van der Waals surface area contributed by atoms with Crippen LogP contribution in [0.3, 0.4) is 0 Å². The van der Waals surface area contributed by atoms with E-state index in [1.807, 2.05) is 0 Å². The first-order chi connectivity index (χ1) is 7.77. The minimum atomic E-state index is -0.305. The van der Waals surface area contributed by atoms with E-state index < -0.39 is 0 Å². The lowest BCUT2D eigenvalue weighted by molar-refractivity contribution is 0.408. The van der Waals surface area contributed by atoms with Gasteiger partial charge in [-0.1, -0.05) is 22.8 Å². The Hall–Kier alpha value is -1.39. The summed E-state index contributed by atoms with van der Waals surface area (Å²) >= 11 is 5.88. The second-order valence-corrected chi connectivity index (χ2v) is 3.70. The molecule has 1 aromatic carbocycles. The molecule has 0 saturated carbocycles. The predicted molar refractivity (Wildman–Crippen MR) is 58.5 cm³/mol. The fraction of sp³-hybridized carbons (Fsp3) is 0.182. The van der Waals surface area contributed by atoms with Gasteiger partial charge in [0.1, 0.15) is 12.1 Å². The third-order valence-corrected chi connectivity index (χ3v) is 2.51. The lowest BCUT2D eigenvalue weighted by Gasteiger charge is -2.06. The second kappa shape index (κ2) is 5.09. The summed E-state index contributed by atoms with van der Waals surface area (Å²) < 4.78 is 18.0. The average Bonchev–Trinajstić information content (AvgIpc) is 2.75. The molecule has 0 amide bonds. The Balaban J connectivity index is 1.95. The Labute approximate surface area is 97.2 Å². The van der Waals surface area contributed by atoms with Crippen molar-refractivity contribution >= 4 is 11.6 Å². The van der Waals surface area contributed by atoms with Crippen molar-refractivity contribution in [3.8, 4) is 0 Å². The van der Waals surface area contributed by atoms with E-state index in [1.165, 1.54) is 12.3 Å². The zero-order chi connectivity index (χ0) is 11.4. The van der Waals surface area contributed by atoms with E-state index in [1.54, 1.807) is 18.2 Å². The molecular weight excluding hydrogens is 231 g/mol. The zero-order valence-electron chi connectivity index (χ0n) is 8.41. The van der Waals surface area contributed by atoms with Gasteiger partial charge < -0.3 is 9.84 Å². The topological polar surface area (TPSA) is 38.1 Å². The van der Waals surface area contributed by atoms with Crippen molar-refractivity contribution in [1.29, 1.82) is 0 Å². The quantitative estimate of drug-likeness (QED) is 0.893. The summed E-state index contributed by atoms with van der Waals surface area (Å²) in [6.45, 7) is 0.875. The number of benzene rings is 1. The minimum Gasteiger partial charge on any atom is -0.364 e. The first-order valence-electron chi connectivity index (χ1n) is 4.80. The van der Waals surface area contributed by atoms with Crippen molar-refractivity contribution in [2.75, 3.05) is 0 Å². The number of hydrogen-bond donors (Lipinski definition) is 1. The standard InChI is InChI=1S/C11H10ClFN2O/c12-10-2-1-3-11(13)9(10)7-14-6-8-4-5-16-15-8/h1-5,14H,6-7H2. The SMILES string of the molecule is Fc1cccc(Cl)c1CNCc1ccon1. The van der Waals surface area contributed by atoms with Crippen molar-refractivity contribution in [1.82, 2.24) is 10.5 Å². The van der Waals surface area contributed by atoms with Crippen LogP contribution in [0.15, 0.2) is 35.1 Å². The molecule has 0 aliphatic heterocycles. The summed E-state index contributed by atoms with van der Waals surface area (Å²) in [6.07, 6.45) is 1.49. The van der Waals surface area contributed by atoms with Crippen LogP contribution >= 0.6 is 11.6 Å². The van der Waals surface area contributed by atoms with E-state index in [-0.39, 0.29) is 5.82 Å². The molecule has 0 unspecified atom stereocenters. The van der Waals surface area contributed by atoms with Gasteiger partial charge in [-0.15, -0.1) is 0 Å². The van der Waals surface area contributed by atoms with E-state index in [0.717, 1.165) is 5.69 Å². The molecule has 0 spiro atoms. The molecule has 2 rings (SSSR count). The maximum Gasteiger partial charge on any atom is 0.129 e. The fourth-order valence-corrected chi connectivity index (χ4v) is 1.58. The van der Waals surface area contributed by atoms with Gasteiger partial charge in [0, 0.05) is 29.7 Å². The zero-order valence-corrected chi connectivity index (χ0v) is 9.17.